The molecular formula is C13H11F2N3OS. The molecular weight excluding hydrogens is 284 g/mol. The first-order valence-electron chi connectivity index (χ1n) is 6.01. The van der Waals surface area contributed by atoms with Crippen molar-refractivity contribution in [1.29, 1.82) is 0 Å². The number of benzene rings is 1. The molecule has 1 aromatic heterocycles. The Balaban J connectivity index is 2.07. The predicted octanol–water partition coefficient (Wildman–Crippen LogP) is 2.94. The van der Waals surface area contributed by atoms with E-state index in [1.54, 1.807) is 7.05 Å². The topological polar surface area (TPSA) is 54.0 Å². The number of carbonyl (C=O) groups excluding carboxylic acids is 1. The van der Waals surface area contributed by atoms with Crippen LogP contribution in [0.25, 0.3) is 0 Å². The Labute approximate surface area is 117 Å². The third kappa shape index (κ3) is 2.14. The maximum Gasteiger partial charge on any atom is 0.226 e. The number of amides is 1. The Hall–Kier alpha value is -2.02. The van der Waals surface area contributed by atoms with Crippen molar-refractivity contribution >= 4 is 28.2 Å². The molecule has 1 atom stereocenters. The first kappa shape index (κ1) is 13.0. The summed E-state index contributed by atoms with van der Waals surface area (Å²) in [5, 5.41) is 6.28. The highest BCUT2D eigenvalue weighted by Crippen LogP contribution is 2.42. The van der Waals surface area contributed by atoms with Gasteiger partial charge in [-0.25, -0.2) is 13.8 Å². The van der Waals surface area contributed by atoms with Crippen LogP contribution < -0.4 is 10.6 Å². The van der Waals surface area contributed by atoms with Crippen molar-refractivity contribution in [3.63, 3.8) is 0 Å². The number of anilines is 2. The van der Waals surface area contributed by atoms with Gasteiger partial charge in [-0.05, 0) is 17.7 Å². The van der Waals surface area contributed by atoms with E-state index in [0.717, 1.165) is 17.0 Å². The van der Waals surface area contributed by atoms with Crippen LogP contribution in [0, 0.1) is 11.6 Å². The summed E-state index contributed by atoms with van der Waals surface area (Å²) in [4.78, 5) is 16.8. The average molecular weight is 295 g/mol. The third-order valence-corrected chi connectivity index (χ3v) is 4.36. The second kappa shape index (κ2) is 4.82. The summed E-state index contributed by atoms with van der Waals surface area (Å²) in [7, 11) is 1.73. The van der Waals surface area contributed by atoms with Crippen molar-refractivity contribution in [1.82, 2.24) is 4.98 Å². The minimum absolute atomic E-state index is 0.180. The number of hydrogen-bond donors (Lipinski definition) is 2. The summed E-state index contributed by atoms with van der Waals surface area (Å²) in [6.45, 7) is 0. The minimum atomic E-state index is -0.909. The van der Waals surface area contributed by atoms with Gasteiger partial charge >= 0.3 is 0 Å². The molecule has 1 aliphatic heterocycles. The van der Waals surface area contributed by atoms with E-state index >= 15 is 0 Å². The predicted molar refractivity (Wildman–Crippen MR) is 73.1 cm³/mol. The molecule has 0 saturated carbocycles. The number of nitrogens with zero attached hydrogens (tertiary/aromatic N) is 1. The second-order valence-electron chi connectivity index (χ2n) is 4.46. The summed E-state index contributed by atoms with van der Waals surface area (Å²) in [5.74, 6) is -1.79. The molecule has 1 amide bonds. The quantitative estimate of drug-likeness (QED) is 0.895. The standard InChI is InChI=1S/C13H11F2N3OS/c1-16-13-18-12-11(20-13)7(5-10(19)17-12)6-2-3-8(14)9(15)4-6/h2-4,7H,5H2,1H3,(H,16,18)(H,17,19). The van der Waals surface area contributed by atoms with Gasteiger partial charge in [0.05, 0.1) is 4.88 Å². The van der Waals surface area contributed by atoms with Gasteiger partial charge in [0, 0.05) is 19.4 Å². The van der Waals surface area contributed by atoms with Crippen molar-refractivity contribution in [2.45, 2.75) is 12.3 Å². The maximum absolute atomic E-state index is 13.4. The smallest absolute Gasteiger partial charge is 0.226 e. The van der Waals surface area contributed by atoms with Gasteiger partial charge in [0.15, 0.2) is 16.8 Å². The van der Waals surface area contributed by atoms with Crippen molar-refractivity contribution in [2.24, 2.45) is 0 Å². The van der Waals surface area contributed by atoms with Crippen LogP contribution in [-0.4, -0.2) is 17.9 Å². The Kier molecular flexibility index (Phi) is 3.13. The average Bonchev–Trinajstić information content (AvgIpc) is 2.83. The molecule has 2 heterocycles. The fourth-order valence-electron chi connectivity index (χ4n) is 2.22. The van der Waals surface area contributed by atoms with E-state index < -0.39 is 11.6 Å². The number of fused-ring (bicyclic) bond motifs is 1. The first-order chi connectivity index (χ1) is 9.58. The fraction of sp³-hybridized carbons (Fsp3) is 0.231. The number of nitrogens with one attached hydrogen (secondary N) is 2. The van der Waals surface area contributed by atoms with E-state index in [4.69, 9.17) is 0 Å². The van der Waals surface area contributed by atoms with E-state index in [9.17, 15) is 13.6 Å². The van der Waals surface area contributed by atoms with E-state index in [-0.39, 0.29) is 18.2 Å². The minimum Gasteiger partial charge on any atom is -0.365 e. The van der Waals surface area contributed by atoms with Gasteiger partial charge in [-0.2, -0.15) is 0 Å². The van der Waals surface area contributed by atoms with Crippen LogP contribution in [0.15, 0.2) is 18.2 Å². The molecule has 0 radical (unpaired) electrons. The molecule has 0 spiro atoms. The SMILES string of the molecule is CNc1nc2c(s1)C(c1ccc(F)c(F)c1)CC(=O)N2. The lowest BCUT2D eigenvalue weighted by Gasteiger charge is -2.21. The Morgan fingerprint density at radius 3 is 2.90 bits per heavy atom. The molecule has 7 heteroatoms. The van der Waals surface area contributed by atoms with Crippen LogP contribution in [0.1, 0.15) is 22.8 Å². The number of halogens is 2. The van der Waals surface area contributed by atoms with E-state index in [1.807, 2.05) is 0 Å². The Bertz CT molecular complexity index is 686. The second-order valence-corrected chi connectivity index (χ2v) is 5.49. The van der Waals surface area contributed by atoms with Crippen LogP contribution in [0.4, 0.5) is 19.7 Å². The van der Waals surface area contributed by atoms with E-state index in [1.165, 1.54) is 17.4 Å². The van der Waals surface area contributed by atoms with E-state index in [2.05, 4.69) is 15.6 Å². The molecule has 0 aliphatic carbocycles. The van der Waals surface area contributed by atoms with Gasteiger partial charge in [-0.1, -0.05) is 17.4 Å². The molecule has 4 nitrogen and oxygen atoms in total. The zero-order valence-electron chi connectivity index (χ0n) is 10.5. The molecule has 2 N–H and O–H groups in total. The van der Waals surface area contributed by atoms with Gasteiger partial charge < -0.3 is 10.6 Å². The number of thiazole rings is 1. The molecule has 1 unspecified atom stereocenters. The molecule has 20 heavy (non-hydrogen) atoms. The summed E-state index contributed by atoms with van der Waals surface area (Å²) >= 11 is 1.40. The Morgan fingerprint density at radius 1 is 1.40 bits per heavy atom. The van der Waals surface area contributed by atoms with Gasteiger partial charge in [-0.15, -0.1) is 0 Å². The molecule has 0 saturated heterocycles. The van der Waals surface area contributed by atoms with Crippen LogP contribution in [0.2, 0.25) is 0 Å². The largest absolute Gasteiger partial charge is 0.365 e. The van der Waals surface area contributed by atoms with Gasteiger partial charge in [0.1, 0.15) is 5.82 Å². The first-order valence-corrected chi connectivity index (χ1v) is 6.83. The van der Waals surface area contributed by atoms with Crippen LogP contribution in [0.5, 0.6) is 0 Å². The lowest BCUT2D eigenvalue weighted by Crippen LogP contribution is -2.22. The van der Waals surface area contributed by atoms with Crippen LogP contribution in [-0.2, 0) is 4.79 Å². The zero-order chi connectivity index (χ0) is 14.3. The molecule has 3 rings (SSSR count). The lowest BCUT2D eigenvalue weighted by molar-refractivity contribution is -0.116. The van der Waals surface area contributed by atoms with E-state index in [0.29, 0.717) is 16.5 Å². The lowest BCUT2D eigenvalue weighted by atomic mass is 9.91. The molecule has 1 aromatic carbocycles. The molecule has 0 fully saturated rings. The number of hydrogen-bond acceptors (Lipinski definition) is 4. The van der Waals surface area contributed by atoms with Crippen LogP contribution >= 0.6 is 11.3 Å². The van der Waals surface area contributed by atoms with Crippen LogP contribution in [0.3, 0.4) is 0 Å². The normalized spacial score (nSPS) is 17.6. The molecule has 1 aliphatic rings. The summed E-state index contributed by atoms with van der Waals surface area (Å²) in [6, 6.07) is 3.72. The van der Waals surface area contributed by atoms with Crippen molar-refractivity contribution in [2.75, 3.05) is 17.7 Å². The van der Waals surface area contributed by atoms with Crippen molar-refractivity contribution in [3.05, 3.63) is 40.3 Å². The zero-order valence-corrected chi connectivity index (χ0v) is 11.4. The summed E-state index contributed by atoms with van der Waals surface area (Å²) in [5.41, 5.74) is 0.575. The summed E-state index contributed by atoms with van der Waals surface area (Å²) in [6.07, 6.45) is 0.198. The highest BCUT2D eigenvalue weighted by molar-refractivity contribution is 7.16. The highest BCUT2D eigenvalue weighted by Gasteiger charge is 2.30. The number of aromatic nitrogens is 1. The van der Waals surface area contributed by atoms with Gasteiger partial charge in [0.25, 0.3) is 0 Å². The van der Waals surface area contributed by atoms with Crippen molar-refractivity contribution < 1.29 is 13.6 Å². The molecule has 0 bridgehead atoms. The monoisotopic (exact) mass is 295 g/mol. The Morgan fingerprint density at radius 2 is 2.20 bits per heavy atom. The van der Waals surface area contributed by atoms with Gasteiger partial charge in [0.2, 0.25) is 5.91 Å². The maximum atomic E-state index is 13.4. The number of carbonyl (C=O) groups is 1. The van der Waals surface area contributed by atoms with Crippen molar-refractivity contribution in [3.8, 4) is 0 Å². The summed E-state index contributed by atoms with van der Waals surface area (Å²) < 4.78 is 26.4. The highest BCUT2D eigenvalue weighted by atomic mass is 32.1. The number of rotatable bonds is 2. The fourth-order valence-corrected chi connectivity index (χ4v) is 3.23. The third-order valence-electron chi connectivity index (χ3n) is 3.18. The molecule has 2 aromatic rings. The van der Waals surface area contributed by atoms with Gasteiger partial charge in [-0.3, -0.25) is 4.79 Å². The molecule has 104 valence electrons.